The van der Waals surface area contributed by atoms with Crippen molar-refractivity contribution in [2.45, 2.75) is 18.9 Å². The van der Waals surface area contributed by atoms with E-state index in [0.717, 1.165) is 27.8 Å². The van der Waals surface area contributed by atoms with Gasteiger partial charge in [0.05, 0.1) is 4.34 Å². The molecule has 0 aliphatic rings. The number of thiophene rings is 1. The van der Waals surface area contributed by atoms with E-state index >= 15 is 0 Å². The molecule has 0 spiro atoms. The fraction of sp³-hybridized carbons (Fsp3) is 0.286. The van der Waals surface area contributed by atoms with Gasteiger partial charge in [-0.1, -0.05) is 40.9 Å². The first kappa shape index (κ1) is 15.1. The Bertz CT molecular complexity index is 553. The molecule has 1 N–H and O–H groups in total. The van der Waals surface area contributed by atoms with Gasteiger partial charge in [0, 0.05) is 21.0 Å². The van der Waals surface area contributed by atoms with Crippen molar-refractivity contribution in [1.82, 2.24) is 5.32 Å². The van der Waals surface area contributed by atoms with E-state index in [2.05, 4.69) is 11.4 Å². The maximum absolute atomic E-state index is 6.21. The highest BCUT2D eigenvalue weighted by molar-refractivity contribution is 7.16. The highest BCUT2D eigenvalue weighted by Gasteiger charge is 2.12. The van der Waals surface area contributed by atoms with Gasteiger partial charge in [0.2, 0.25) is 0 Å². The summed E-state index contributed by atoms with van der Waals surface area (Å²) in [5, 5.41) is 4.71. The third-order valence-corrected chi connectivity index (χ3v) is 4.81. The molecule has 1 nitrogen and oxygen atoms in total. The van der Waals surface area contributed by atoms with Crippen LogP contribution >= 0.6 is 46.1 Å². The summed E-state index contributed by atoms with van der Waals surface area (Å²) in [6.45, 7) is 0. The Morgan fingerprint density at radius 3 is 2.47 bits per heavy atom. The van der Waals surface area contributed by atoms with Crippen molar-refractivity contribution in [1.29, 1.82) is 0 Å². The van der Waals surface area contributed by atoms with Gasteiger partial charge in [0.25, 0.3) is 0 Å². The molecule has 1 atom stereocenters. The summed E-state index contributed by atoms with van der Waals surface area (Å²) in [4.78, 5) is 1.27. The average molecular weight is 335 g/mol. The van der Waals surface area contributed by atoms with Crippen molar-refractivity contribution >= 4 is 46.1 Å². The molecule has 0 amide bonds. The molecule has 1 aromatic carbocycles. The topological polar surface area (TPSA) is 12.0 Å². The molecule has 0 aliphatic heterocycles. The van der Waals surface area contributed by atoms with Crippen LogP contribution in [0.15, 0.2) is 30.3 Å². The third kappa shape index (κ3) is 4.37. The van der Waals surface area contributed by atoms with Crippen LogP contribution < -0.4 is 5.32 Å². The van der Waals surface area contributed by atoms with Crippen LogP contribution in [0.2, 0.25) is 14.4 Å². The average Bonchev–Trinajstić information content (AvgIpc) is 2.77. The molecule has 5 heteroatoms. The minimum absolute atomic E-state index is 0.327. The summed E-state index contributed by atoms with van der Waals surface area (Å²) in [5.41, 5.74) is 1.10. The monoisotopic (exact) mass is 333 g/mol. The molecule has 2 rings (SSSR count). The fourth-order valence-corrected chi connectivity index (χ4v) is 3.59. The first-order chi connectivity index (χ1) is 9.08. The van der Waals surface area contributed by atoms with E-state index in [9.17, 15) is 0 Å². The Morgan fingerprint density at radius 1 is 1.11 bits per heavy atom. The lowest BCUT2D eigenvalue weighted by Gasteiger charge is -2.16. The van der Waals surface area contributed by atoms with Crippen LogP contribution in [-0.2, 0) is 12.8 Å². The minimum Gasteiger partial charge on any atom is -0.316 e. The molecule has 1 aromatic heterocycles. The summed E-state index contributed by atoms with van der Waals surface area (Å²) >= 11 is 19.7. The maximum Gasteiger partial charge on any atom is 0.0931 e. The quantitative estimate of drug-likeness (QED) is 0.804. The summed E-state index contributed by atoms with van der Waals surface area (Å²) < 4.78 is 0.828. The molecular formula is C14H14Cl3NS. The summed E-state index contributed by atoms with van der Waals surface area (Å²) in [5.74, 6) is 0. The van der Waals surface area contributed by atoms with Gasteiger partial charge in [-0.05, 0) is 49.7 Å². The summed E-state index contributed by atoms with van der Waals surface area (Å²) in [6, 6.07) is 9.97. The zero-order chi connectivity index (χ0) is 13.8. The van der Waals surface area contributed by atoms with E-state index in [-0.39, 0.29) is 0 Å². The van der Waals surface area contributed by atoms with Crippen molar-refractivity contribution in [3.8, 4) is 0 Å². The Labute approximate surface area is 132 Å². The number of benzene rings is 1. The third-order valence-electron chi connectivity index (χ3n) is 2.97. The van der Waals surface area contributed by atoms with Crippen molar-refractivity contribution in [2.24, 2.45) is 0 Å². The standard InChI is InChI=1S/C14H14Cl3NS/c1-18-11(8-12-4-5-14(17)19-12)6-9-2-3-10(15)7-13(9)16/h2-5,7,11,18H,6,8H2,1H3. The molecule has 1 unspecified atom stereocenters. The number of rotatable bonds is 5. The molecule has 0 fully saturated rings. The maximum atomic E-state index is 6.21. The molecule has 2 aromatic rings. The zero-order valence-corrected chi connectivity index (χ0v) is 13.5. The first-order valence-electron chi connectivity index (χ1n) is 5.94. The van der Waals surface area contributed by atoms with E-state index in [1.165, 1.54) is 4.88 Å². The predicted molar refractivity (Wildman–Crippen MR) is 86.0 cm³/mol. The minimum atomic E-state index is 0.327. The highest BCUT2D eigenvalue weighted by Crippen LogP contribution is 2.25. The van der Waals surface area contributed by atoms with E-state index in [1.54, 1.807) is 17.4 Å². The van der Waals surface area contributed by atoms with Crippen molar-refractivity contribution < 1.29 is 0 Å². The second kappa shape index (κ2) is 6.96. The number of nitrogens with one attached hydrogen (secondary N) is 1. The number of hydrogen-bond donors (Lipinski definition) is 1. The number of halogens is 3. The molecule has 0 saturated heterocycles. The predicted octanol–water partition coefficient (Wildman–Crippen LogP) is 5.08. The van der Waals surface area contributed by atoms with Gasteiger partial charge in [0.15, 0.2) is 0 Å². The lowest BCUT2D eigenvalue weighted by atomic mass is 10.0. The van der Waals surface area contributed by atoms with Gasteiger partial charge < -0.3 is 5.32 Å². The van der Waals surface area contributed by atoms with Crippen molar-refractivity contribution in [2.75, 3.05) is 7.05 Å². The Hall–Kier alpha value is -0.250. The van der Waals surface area contributed by atoms with Crippen LogP contribution in [0.1, 0.15) is 10.4 Å². The molecule has 0 radical (unpaired) electrons. The highest BCUT2D eigenvalue weighted by atomic mass is 35.5. The van der Waals surface area contributed by atoms with Crippen LogP contribution in [0.4, 0.5) is 0 Å². The van der Waals surface area contributed by atoms with Crippen LogP contribution in [0.5, 0.6) is 0 Å². The second-order valence-corrected chi connectivity index (χ2v) is 6.98. The summed E-state index contributed by atoms with van der Waals surface area (Å²) in [6.07, 6.45) is 1.80. The molecule has 1 heterocycles. The largest absolute Gasteiger partial charge is 0.316 e. The number of likely N-dealkylation sites (N-methyl/N-ethyl adjacent to an activating group) is 1. The molecule has 0 bridgehead atoms. The zero-order valence-electron chi connectivity index (χ0n) is 10.4. The molecular weight excluding hydrogens is 321 g/mol. The van der Waals surface area contributed by atoms with Crippen LogP contribution in [0.3, 0.4) is 0 Å². The fourth-order valence-electron chi connectivity index (χ4n) is 1.93. The molecule has 0 aliphatic carbocycles. The van der Waals surface area contributed by atoms with Crippen LogP contribution in [0, 0.1) is 0 Å². The lowest BCUT2D eigenvalue weighted by molar-refractivity contribution is 0.560. The normalized spacial score (nSPS) is 12.6. The van der Waals surface area contributed by atoms with Crippen molar-refractivity contribution in [3.05, 3.63) is 55.2 Å². The van der Waals surface area contributed by atoms with E-state index in [4.69, 9.17) is 34.8 Å². The van der Waals surface area contributed by atoms with Gasteiger partial charge in [-0.25, -0.2) is 0 Å². The molecule has 19 heavy (non-hydrogen) atoms. The summed E-state index contributed by atoms with van der Waals surface area (Å²) in [7, 11) is 1.96. The van der Waals surface area contributed by atoms with Gasteiger partial charge in [-0.15, -0.1) is 11.3 Å². The Morgan fingerprint density at radius 2 is 1.89 bits per heavy atom. The van der Waals surface area contributed by atoms with E-state index in [0.29, 0.717) is 11.1 Å². The van der Waals surface area contributed by atoms with Gasteiger partial charge in [-0.3, -0.25) is 0 Å². The van der Waals surface area contributed by atoms with Gasteiger partial charge in [-0.2, -0.15) is 0 Å². The lowest BCUT2D eigenvalue weighted by Crippen LogP contribution is -2.29. The molecule has 102 valence electrons. The van der Waals surface area contributed by atoms with Crippen LogP contribution in [-0.4, -0.2) is 13.1 Å². The Kier molecular flexibility index (Phi) is 5.55. The van der Waals surface area contributed by atoms with Crippen LogP contribution in [0.25, 0.3) is 0 Å². The molecule has 0 saturated carbocycles. The number of hydrogen-bond acceptors (Lipinski definition) is 2. The second-order valence-electron chi connectivity index (χ2n) is 4.34. The van der Waals surface area contributed by atoms with E-state index < -0.39 is 0 Å². The first-order valence-corrected chi connectivity index (χ1v) is 7.89. The Balaban J connectivity index is 2.06. The van der Waals surface area contributed by atoms with Gasteiger partial charge >= 0.3 is 0 Å². The van der Waals surface area contributed by atoms with E-state index in [1.807, 2.05) is 25.2 Å². The van der Waals surface area contributed by atoms with Gasteiger partial charge in [0.1, 0.15) is 0 Å². The SMILES string of the molecule is CNC(Cc1ccc(Cl)s1)Cc1ccc(Cl)cc1Cl. The smallest absolute Gasteiger partial charge is 0.0931 e. The van der Waals surface area contributed by atoms with Crippen molar-refractivity contribution in [3.63, 3.8) is 0 Å².